The molecule has 0 saturated heterocycles. The van der Waals surface area contributed by atoms with E-state index in [0.29, 0.717) is 5.02 Å². The third-order valence-corrected chi connectivity index (χ3v) is 5.21. The minimum Gasteiger partial charge on any atom is -0.332 e. The van der Waals surface area contributed by atoms with Crippen LogP contribution in [0.4, 0.5) is 0 Å². The van der Waals surface area contributed by atoms with Crippen molar-refractivity contribution in [3.05, 3.63) is 62.8 Å². The van der Waals surface area contributed by atoms with E-state index in [1.807, 2.05) is 29.2 Å². The zero-order chi connectivity index (χ0) is 14.8. The molecule has 1 aromatic carbocycles. The zero-order valence-electron chi connectivity index (χ0n) is 11.8. The lowest BCUT2D eigenvalue weighted by atomic mass is 10.0. The van der Waals surface area contributed by atoms with Crippen molar-refractivity contribution in [2.75, 3.05) is 6.54 Å². The maximum Gasteiger partial charge on any atom is 0.247 e. The molecule has 3 rings (SSSR count). The fourth-order valence-electron chi connectivity index (χ4n) is 2.68. The normalized spacial score (nSPS) is 18.0. The molecule has 1 amide bonds. The molecule has 0 spiro atoms. The fraction of sp³-hybridized carbons (Fsp3) is 0.235. The molecule has 0 N–H and O–H groups in total. The second-order valence-electron chi connectivity index (χ2n) is 5.11. The summed E-state index contributed by atoms with van der Waals surface area (Å²) in [5.41, 5.74) is 2.15. The van der Waals surface area contributed by atoms with Crippen molar-refractivity contribution >= 4 is 34.9 Å². The van der Waals surface area contributed by atoms with Gasteiger partial charge in [0.1, 0.15) is 0 Å². The van der Waals surface area contributed by atoms with Gasteiger partial charge in [-0.25, -0.2) is 0 Å². The van der Waals surface area contributed by atoms with Crippen molar-refractivity contribution in [2.24, 2.45) is 0 Å². The van der Waals surface area contributed by atoms with Crippen LogP contribution in [0.5, 0.6) is 0 Å². The summed E-state index contributed by atoms with van der Waals surface area (Å²) in [4.78, 5) is 15.7. The molecule has 2 aromatic rings. The van der Waals surface area contributed by atoms with Crippen LogP contribution >= 0.6 is 22.9 Å². The van der Waals surface area contributed by atoms with Crippen LogP contribution in [0, 0.1) is 0 Å². The topological polar surface area (TPSA) is 20.3 Å². The standard InChI is InChI=1S/C17H16ClNOS/c1-12-14-9-11-21-16(14)8-10-19(12)17(20)7-6-13-4-2-3-5-15(13)18/h2-7,9,11-12H,8,10H2,1H3/b7-6+/t12-/m1/s1. The van der Waals surface area contributed by atoms with E-state index in [0.717, 1.165) is 18.5 Å². The lowest BCUT2D eigenvalue weighted by Crippen LogP contribution is -2.37. The van der Waals surface area contributed by atoms with Crippen LogP contribution in [0.2, 0.25) is 5.02 Å². The van der Waals surface area contributed by atoms with Gasteiger partial charge < -0.3 is 4.90 Å². The molecule has 2 heterocycles. The van der Waals surface area contributed by atoms with E-state index < -0.39 is 0 Å². The third-order valence-electron chi connectivity index (χ3n) is 3.87. The highest BCUT2D eigenvalue weighted by atomic mass is 35.5. The lowest BCUT2D eigenvalue weighted by Gasteiger charge is -2.32. The Labute approximate surface area is 133 Å². The monoisotopic (exact) mass is 317 g/mol. The van der Waals surface area contributed by atoms with Crippen LogP contribution in [0.1, 0.15) is 29.0 Å². The van der Waals surface area contributed by atoms with Crippen molar-refractivity contribution in [1.82, 2.24) is 4.90 Å². The molecule has 0 saturated carbocycles. The Kier molecular flexibility index (Phi) is 4.13. The highest BCUT2D eigenvalue weighted by Crippen LogP contribution is 2.33. The Morgan fingerprint density at radius 3 is 3.00 bits per heavy atom. The van der Waals surface area contributed by atoms with E-state index in [9.17, 15) is 4.79 Å². The number of carbonyl (C=O) groups is 1. The molecule has 2 nitrogen and oxygen atoms in total. The first-order valence-corrected chi connectivity index (χ1v) is 8.22. The van der Waals surface area contributed by atoms with Crippen LogP contribution in [-0.2, 0) is 11.2 Å². The average Bonchev–Trinajstić information content (AvgIpc) is 2.96. The summed E-state index contributed by atoms with van der Waals surface area (Å²) in [7, 11) is 0. The Hall–Kier alpha value is -1.58. The largest absolute Gasteiger partial charge is 0.332 e. The molecule has 1 aromatic heterocycles. The van der Waals surface area contributed by atoms with Gasteiger partial charge in [-0.1, -0.05) is 29.8 Å². The number of hydrogen-bond acceptors (Lipinski definition) is 2. The summed E-state index contributed by atoms with van der Waals surface area (Å²) >= 11 is 7.88. The summed E-state index contributed by atoms with van der Waals surface area (Å²) in [5, 5.41) is 2.77. The van der Waals surface area contributed by atoms with E-state index in [4.69, 9.17) is 11.6 Å². The number of nitrogens with zero attached hydrogens (tertiary/aromatic N) is 1. The van der Waals surface area contributed by atoms with E-state index >= 15 is 0 Å². The molecule has 21 heavy (non-hydrogen) atoms. The van der Waals surface area contributed by atoms with Gasteiger partial charge in [-0.3, -0.25) is 4.79 Å². The number of rotatable bonds is 2. The summed E-state index contributed by atoms with van der Waals surface area (Å²) < 4.78 is 0. The number of hydrogen-bond donors (Lipinski definition) is 0. The second-order valence-corrected chi connectivity index (χ2v) is 6.52. The van der Waals surface area contributed by atoms with E-state index in [1.54, 1.807) is 23.5 Å². The van der Waals surface area contributed by atoms with Crippen molar-refractivity contribution in [3.63, 3.8) is 0 Å². The zero-order valence-corrected chi connectivity index (χ0v) is 13.3. The first-order valence-electron chi connectivity index (χ1n) is 6.96. The van der Waals surface area contributed by atoms with Crippen molar-refractivity contribution in [2.45, 2.75) is 19.4 Å². The van der Waals surface area contributed by atoms with Crippen LogP contribution in [0.15, 0.2) is 41.8 Å². The number of carbonyl (C=O) groups excluding carboxylic acids is 1. The predicted molar refractivity (Wildman–Crippen MR) is 88.6 cm³/mol. The summed E-state index contributed by atoms with van der Waals surface area (Å²) in [6.45, 7) is 2.87. The molecule has 108 valence electrons. The third kappa shape index (κ3) is 2.89. The molecule has 0 fully saturated rings. The van der Waals surface area contributed by atoms with E-state index in [-0.39, 0.29) is 11.9 Å². The second kappa shape index (κ2) is 6.04. The highest BCUT2D eigenvalue weighted by Gasteiger charge is 2.26. The number of benzene rings is 1. The van der Waals surface area contributed by atoms with Gasteiger partial charge in [-0.05, 0) is 48.1 Å². The smallest absolute Gasteiger partial charge is 0.247 e. The maximum absolute atomic E-state index is 12.4. The van der Waals surface area contributed by atoms with Crippen LogP contribution in [0.25, 0.3) is 6.08 Å². The molecule has 4 heteroatoms. The summed E-state index contributed by atoms with van der Waals surface area (Å²) in [6.07, 6.45) is 4.36. The minimum absolute atomic E-state index is 0.0410. The molecule has 0 bridgehead atoms. The predicted octanol–water partition coefficient (Wildman–Crippen LogP) is 4.56. The van der Waals surface area contributed by atoms with Crippen LogP contribution in [0.3, 0.4) is 0 Å². The van der Waals surface area contributed by atoms with Gasteiger partial charge in [0.2, 0.25) is 5.91 Å². The number of thiophene rings is 1. The van der Waals surface area contributed by atoms with E-state index in [2.05, 4.69) is 18.4 Å². The Bertz CT molecular complexity index is 692. The molecule has 1 aliphatic rings. The Morgan fingerprint density at radius 2 is 2.19 bits per heavy atom. The molecule has 0 aliphatic carbocycles. The molecule has 1 atom stereocenters. The summed E-state index contributed by atoms with van der Waals surface area (Å²) in [6, 6.07) is 9.80. The molecule has 1 aliphatic heterocycles. The van der Waals surface area contributed by atoms with Gasteiger partial charge in [0.15, 0.2) is 0 Å². The van der Waals surface area contributed by atoms with Crippen molar-refractivity contribution in [1.29, 1.82) is 0 Å². The highest BCUT2D eigenvalue weighted by molar-refractivity contribution is 7.10. The van der Waals surface area contributed by atoms with Crippen LogP contribution < -0.4 is 0 Å². The summed E-state index contributed by atoms with van der Waals surface area (Å²) in [5.74, 6) is 0.0410. The first-order chi connectivity index (χ1) is 10.2. The molecular weight excluding hydrogens is 302 g/mol. The van der Waals surface area contributed by atoms with Gasteiger partial charge in [0.05, 0.1) is 6.04 Å². The van der Waals surface area contributed by atoms with Crippen molar-refractivity contribution in [3.8, 4) is 0 Å². The lowest BCUT2D eigenvalue weighted by molar-refractivity contribution is -0.128. The van der Waals surface area contributed by atoms with E-state index in [1.165, 1.54) is 10.4 Å². The van der Waals surface area contributed by atoms with Crippen LogP contribution in [-0.4, -0.2) is 17.4 Å². The van der Waals surface area contributed by atoms with Gasteiger partial charge in [0.25, 0.3) is 0 Å². The number of fused-ring (bicyclic) bond motifs is 1. The molecule has 0 radical (unpaired) electrons. The fourth-order valence-corrected chi connectivity index (χ4v) is 3.84. The van der Waals surface area contributed by atoms with Gasteiger partial charge in [-0.15, -0.1) is 11.3 Å². The Balaban J connectivity index is 1.76. The minimum atomic E-state index is 0.0410. The van der Waals surface area contributed by atoms with Gasteiger partial charge >= 0.3 is 0 Å². The van der Waals surface area contributed by atoms with Crippen molar-refractivity contribution < 1.29 is 4.79 Å². The van der Waals surface area contributed by atoms with Gasteiger partial charge in [-0.2, -0.15) is 0 Å². The Morgan fingerprint density at radius 1 is 1.38 bits per heavy atom. The molecular formula is C17H16ClNOS. The SMILES string of the molecule is C[C@@H]1c2ccsc2CCN1C(=O)/C=C/c1ccccc1Cl. The first kappa shape index (κ1) is 14.4. The number of halogens is 1. The maximum atomic E-state index is 12.4. The van der Waals surface area contributed by atoms with Gasteiger partial charge in [0, 0.05) is 22.5 Å². The average molecular weight is 318 g/mol. The molecule has 0 unspecified atom stereocenters. The number of amides is 1. The quantitative estimate of drug-likeness (QED) is 0.743.